The molecule has 0 spiro atoms. The lowest BCUT2D eigenvalue weighted by Crippen LogP contribution is -2.39. The predicted molar refractivity (Wildman–Crippen MR) is 116 cm³/mol. The molecule has 162 valence electrons. The quantitative estimate of drug-likeness (QED) is 0.540. The molecule has 1 aromatic heterocycles. The average Bonchev–Trinajstić information content (AvgIpc) is 2.76. The Bertz CT molecular complexity index is 1200. The summed E-state index contributed by atoms with van der Waals surface area (Å²) in [5.74, 6) is -0.625. The summed E-state index contributed by atoms with van der Waals surface area (Å²) in [7, 11) is 0. The van der Waals surface area contributed by atoms with Crippen LogP contribution in [0.15, 0.2) is 47.5 Å². The lowest BCUT2D eigenvalue weighted by atomic mass is 10.1. The number of benzene rings is 2. The van der Waals surface area contributed by atoms with Gasteiger partial charge in [-0.1, -0.05) is 30.1 Å². The maximum atomic E-state index is 13.1. The summed E-state index contributed by atoms with van der Waals surface area (Å²) in [5.41, 5.74) is -0.0462. The van der Waals surface area contributed by atoms with E-state index in [-0.39, 0.29) is 11.8 Å². The Morgan fingerprint density at radius 1 is 1.23 bits per heavy atom. The Morgan fingerprint density at radius 2 is 2.00 bits per heavy atom. The van der Waals surface area contributed by atoms with E-state index in [1.807, 2.05) is 0 Å². The van der Waals surface area contributed by atoms with Gasteiger partial charge in [-0.2, -0.15) is 0 Å². The van der Waals surface area contributed by atoms with Crippen LogP contribution in [-0.2, 0) is 9.59 Å². The molecule has 1 N–H and O–H groups in total. The fraction of sp³-hybridized carbons (Fsp3) is 0.238. The van der Waals surface area contributed by atoms with Crippen molar-refractivity contribution in [3.05, 3.63) is 63.1 Å². The molecule has 10 heteroatoms. The first kappa shape index (κ1) is 22.7. The van der Waals surface area contributed by atoms with E-state index in [9.17, 15) is 18.8 Å². The number of aromatic nitrogens is 2. The van der Waals surface area contributed by atoms with Crippen molar-refractivity contribution in [1.82, 2.24) is 14.9 Å². The largest absolute Gasteiger partial charge is 0.456 e. The first-order valence-corrected chi connectivity index (χ1v) is 10.1. The number of ketones is 1. The molecule has 0 aliphatic heterocycles. The van der Waals surface area contributed by atoms with Crippen molar-refractivity contribution in [2.45, 2.75) is 19.4 Å². The fourth-order valence-corrected chi connectivity index (χ4v) is 3.39. The Morgan fingerprint density at radius 3 is 2.68 bits per heavy atom. The van der Waals surface area contributed by atoms with Crippen LogP contribution in [0.25, 0.3) is 10.9 Å². The SMILES string of the molecule is CC[C@@H](C(=O)NCC(=O)CF)n1cnc2ccc(Oc3ccc(Cl)cc3Cl)cc2c1=O. The molecule has 0 radical (unpaired) electrons. The van der Waals surface area contributed by atoms with E-state index < -0.39 is 36.5 Å². The summed E-state index contributed by atoms with van der Waals surface area (Å²) in [6.07, 6.45) is 1.53. The number of nitrogens with zero attached hydrogens (tertiary/aromatic N) is 2. The Balaban J connectivity index is 1.93. The van der Waals surface area contributed by atoms with Gasteiger partial charge in [0, 0.05) is 5.02 Å². The van der Waals surface area contributed by atoms with Crippen molar-refractivity contribution in [3.8, 4) is 11.5 Å². The molecule has 3 aromatic rings. The number of carbonyl (C=O) groups is 2. The standard InChI is InChI=1S/C21H18Cl2FN3O4/c1-2-18(20(29)25-10-13(28)9-24)27-11-26-17-5-4-14(8-15(17)21(27)30)31-19-6-3-12(22)7-16(19)23/h3-8,11,18H,2,9-10H2,1H3,(H,25,29)/t18-/m0/s1. The zero-order chi connectivity index (χ0) is 22.5. The molecule has 2 aromatic carbocycles. The lowest BCUT2D eigenvalue weighted by molar-refractivity contribution is -0.127. The normalized spacial score (nSPS) is 11.9. The monoisotopic (exact) mass is 465 g/mol. The third-order valence-corrected chi connectivity index (χ3v) is 5.04. The number of carbonyl (C=O) groups excluding carboxylic acids is 2. The summed E-state index contributed by atoms with van der Waals surface area (Å²) < 4.78 is 19.3. The second-order valence-corrected chi connectivity index (χ2v) is 7.47. The van der Waals surface area contributed by atoms with E-state index in [4.69, 9.17) is 27.9 Å². The fourth-order valence-electron chi connectivity index (χ4n) is 2.94. The molecule has 0 saturated carbocycles. The number of alkyl halides is 1. The zero-order valence-corrected chi connectivity index (χ0v) is 17.9. The number of halogens is 3. The van der Waals surface area contributed by atoms with E-state index in [0.29, 0.717) is 27.1 Å². The van der Waals surface area contributed by atoms with Crippen molar-refractivity contribution < 1.29 is 18.7 Å². The number of fused-ring (bicyclic) bond motifs is 1. The summed E-state index contributed by atoms with van der Waals surface area (Å²) in [5, 5.41) is 3.34. The van der Waals surface area contributed by atoms with Crippen LogP contribution in [0, 0.1) is 0 Å². The minimum absolute atomic E-state index is 0.233. The van der Waals surface area contributed by atoms with Gasteiger partial charge in [-0.3, -0.25) is 19.0 Å². The van der Waals surface area contributed by atoms with Gasteiger partial charge in [-0.15, -0.1) is 0 Å². The van der Waals surface area contributed by atoms with Gasteiger partial charge in [0.05, 0.1) is 28.8 Å². The first-order chi connectivity index (χ1) is 14.8. The van der Waals surface area contributed by atoms with Crippen molar-refractivity contribution in [3.63, 3.8) is 0 Å². The van der Waals surface area contributed by atoms with Crippen LogP contribution in [0.2, 0.25) is 10.0 Å². The molecule has 0 fully saturated rings. The number of rotatable bonds is 8. The third kappa shape index (κ3) is 5.21. The second kappa shape index (κ2) is 9.89. The summed E-state index contributed by atoms with van der Waals surface area (Å²) in [4.78, 5) is 40.9. The Hall–Kier alpha value is -2.97. The molecule has 0 unspecified atom stereocenters. The van der Waals surface area contributed by atoms with Gasteiger partial charge in [0.1, 0.15) is 24.2 Å². The number of amides is 1. The van der Waals surface area contributed by atoms with Crippen molar-refractivity contribution in [2.24, 2.45) is 0 Å². The van der Waals surface area contributed by atoms with E-state index in [2.05, 4.69) is 10.3 Å². The van der Waals surface area contributed by atoms with E-state index in [1.165, 1.54) is 23.0 Å². The van der Waals surface area contributed by atoms with Crippen LogP contribution in [-0.4, -0.2) is 34.5 Å². The molecule has 1 atom stereocenters. The predicted octanol–water partition coefficient (Wildman–Crippen LogP) is 4.10. The van der Waals surface area contributed by atoms with Crippen LogP contribution in [0.5, 0.6) is 11.5 Å². The minimum atomic E-state index is -1.17. The highest BCUT2D eigenvalue weighted by Gasteiger charge is 2.21. The number of hydrogen-bond acceptors (Lipinski definition) is 5. The molecule has 0 aliphatic carbocycles. The molecule has 1 heterocycles. The van der Waals surface area contributed by atoms with Gasteiger partial charge in [0.2, 0.25) is 5.91 Å². The molecular formula is C21H18Cl2FN3O4. The molecule has 7 nitrogen and oxygen atoms in total. The average molecular weight is 466 g/mol. The van der Waals surface area contributed by atoms with Gasteiger partial charge in [0.25, 0.3) is 5.56 Å². The van der Waals surface area contributed by atoms with Crippen LogP contribution < -0.4 is 15.6 Å². The van der Waals surface area contributed by atoms with E-state index in [0.717, 1.165) is 0 Å². The molecule has 31 heavy (non-hydrogen) atoms. The molecule has 0 bridgehead atoms. The zero-order valence-electron chi connectivity index (χ0n) is 16.4. The third-order valence-electron chi connectivity index (χ3n) is 4.51. The molecule has 0 saturated heterocycles. The van der Waals surface area contributed by atoms with Crippen LogP contribution in [0.3, 0.4) is 0 Å². The maximum absolute atomic E-state index is 13.1. The molecular weight excluding hydrogens is 448 g/mol. The number of hydrogen-bond donors (Lipinski definition) is 1. The van der Waals surface area contributed by atoms with Gasteiger partial charge < -0.3 is 10.1 Å². The van der Waals surface area contributed by atoms with E-state index >= 15 is 0 Å². The molecule has 1 amide bonds. The van der Waals surface area contributed by atoms with Gasteiger partial charge in [0.15, 0.2) is 5.78 Å². The molecule has 3 rings (SSSR count). The highest BCUT2D eigenvalue weighted by Crippen LogP contribution is 2.32. The summed E-state index contributed by atoms with van der Waals surface area (Å²) in [6, 6.07) is 8.60. The topological polar surface area (TPSA) is 90.3 Å². The smallest absolute Gasteiger partial charge is 0.262 e. The van der Waals surface area contributed by atoms with Crippen LogP contribution in [0.4, 0.5) is 4.39 Å². The van der Waals surface area contributed by atoms with E-state index in [1.54, 1.807) is 31.2 Å². The second-order valence-electron chi connectivity index (χ2n) is 6.63. The first-order valence-electron chi connectivity index (χ1n) is 9.33. The van der Waals surface area contributed by atoms with Crippen molar-refractivity contribution >= 4 is 45.8 Å². The van der Waals surface area contributed by atoms with Crippen LogP contribution in [0.1, 0.15) is 19.4 Å². The van der Waals surface area contributed by atoms with Crippen molar-refractivity contribution in [1.29, 1.82) is 0 Å². The number of ether oxygens (including phenoxy) is 1. The van der Waals surface area contributed by atoms with Crippen LogP contribution >= 0.6 is 23.2 Å². The highest BCUT2D eigenvalue weighted by molar-refractivity contribution is 6.35. The van der Waals surface area contributed by atoms with Gasteiger partial charge >= 0.3 is 0 Å². The van der Waals surface area contributed by atoms with Gasteiger partial charge in [-0.25, -0.2) is 9.37 Å². The Kier molecular flexibility index (Phi) is 7.25. The summed E-state index contributed by atoms with van der Waals surface area (Å²) in [6.45, 7) is 0.0936. The highest BCUT2D eigenvalue weighted by atomic mass is 35.5. The summed E-state index contributed by atoms with van der Waals surface area (Å²) >= 11 is 12.0. The van der Waals surface area contributed by atoms with Gasteiger partial charge in [-0.05, 0) is 42.8 Å². The number of nitrogens with one attached hydrogen (secondary N) is 1. The minimum Gasteiger partial charge on any atom is -0.456 e. The van der Waals surface area contributed by atoms with Crippen molar-refractivity contribution in [2.75, 3.05) is 13.2 Å². The number of Topliss-reactive ketones (excluding diaryl/α,β-unsaturated/α-hetero) is 1. The lowest BCUT2D eigenvalue weighted by Gasteiger charge is -2.17. The Labute approximate surface area is 186 Å². The maximum Gasteiger partial charge on any atom is 0.262 e. The molecule has 0 aliphatic rings.